The largest absolute Gasteiger partial charge is 0.395 e. The van der Waals surface area contributed by atoms with Crippen molar-refractivity contribution in [1.82, 2.24) is 29.8 Å². The second kappa shape index (κ2) is 10.1. The van der Waals surface area contributed by atoms with Crippen molar-refractivity contribution in [3.8, 4) is 11.3 Å². The van der Waals surface area contributed by atoms with Gasteiger partial charge in [0, 0.05) is 35.8 Å². The maximum absolute atomic E-state index is 9.17. The van der Waals surface area contributed by atoms with Gasteiger partial charge < -0.3 is 25.0 Å². The zero-order valence-electron chi connectivity index (χ0n) is 21.0. The maximum atomic E-state index is 9.17. The number of piperidine rings is 1. The molecule has 196 valence electrons. The van der Waals surface area contributed by atoms with E-state index >= 15 is 0 Å². The number of ether oxygens (including phenoxy) is 1. The summed E-state index contributed by atoms with van der Waals surface area (Å²) in [5.41, 5.74) is 2.76. The lowest BCUT2D eigenvalue weighted by molar-refractivity contribution is 0.00911. The fourth-order valence-corrected chi connectivity index (χ4v) is 6.72. The van der Waals surface area contributed by atoms with E-state index in [-0.39, 0.29) is 6.61 Å². The molecule has 3 aliphatic heterocycles. The molecule has 4 aromatic rings. The van der Waals surface area contributed by atoms with Crippen molar-refractivity contribution in [1.29, 1.82) is 0 Å². The standard InChI is InChI=1S/C27H30N8O2S/c36-10-9-34-7-4-17(5-8-34)25-29-14-24(38-25)33-26-28-6-3-23(31-26)18-1-2-22-19(11-18)13-30-27(32-22)35-20-12-21(35)16-37-15-20/h1-3,6,11,13-14,17,20-21,36H,4-5,7-10,12,15-16H2,(H,28,31,33). The van der Waals surface area contributed by atoms with E-state index in [9.17, 15) is 0 Å². The van der Waals surface area contributed by atoms with E-state index in [4.69, 9.17) is 19.8 Å². The maximum Gasteiger partial charge on any atom is 0.228 e. The summed E-state index contributed by atoms with van der Waals surface area (Å²) >= 11 is 1.67. The third-order valence-corrected chi connectivity index (χ3v) is 8.89. The van der Waals surface area contributed by atoms with Crippen LogP contribution in [0.25, 0.3) is 22.2 Å². The number of benzene rings is 1. The van der Waals surface area contributed by atoms with Gasteiger partial charge in [-0.15, -0.1) is 11.3 Å². The number of hydrogen-bond donors (Lipinski definition) is 2. The van der Waals surface area contributed by atoms with Crippen LogP contribution >= 0.6 is 11.3 Å². The molecule has 2 unspecified atom stereocenters. The minimum atomic E-state index is 0.221. The molecule has 3 fully saturated rings. The fourth-order valence-electron chi connectivity index (χ4n) is 5.74. The van der Waals surface area contributed by atoms with Crippen LogP contribution in [0.4, 0.5) is 16.9 Å². The van der Waals surface area contributed by atoms with Crippen molar-refractivity contribution in [2.45, 2.75) is 37.3 Å². The molecule has 0 saturated carbocycles. The van der Waals surface area contributed by atoms with Crippen LogP contribution in [0.15, 0.2) is 42.9 Å². The van der Waals surface area contributed by atoms with E-state index in [1.807, 2.05) is 24.5 Å². The molecular weight excluding hydrogens is 500 g/mol. The smallest absolute Gasteiger partial charge is 0.228 e. The number of aliphatic hydroxyl groups is 1. The molecule has 0 spiro atoms. The number of rotatable bonds is 7. The highest BCUT2D eigenvalue weighted by Crippen LogP contribution is 2.35. The van der Waals surface area contributed by atoms with E-state index in [0.29, 0.717) is 23.9 Å². The topological polar surface area (TPSA) is 112 Å². The third-order valence-electron chi connectivity index (χ3n) is 7.81. The van der Waals surface area contributed by atoms with Crippen LogP contribution in [0.2, 0.25) is 0 Å². The molecule has 3 saturated heterocycles. The zero-order chi connectivity index (χ0) is 25.5. The number of thiazole rings is 1. The number of aromatic nitrogens is 5. The number of likely N-dealkylation sites (tertiary alicyclic amines) is 1. The van der Waals surface area contributed by atoms with Crippen molar-refractivity contribution in [3.05, 3.63) is 47.9 Å². The molecule has 0 aliphatic carbocycles. The quantitative estimate of drug-likeness (QED) is 0.368. The van der Waals surface area contributed by atoms with Crippen molar-refractivity contribution >= 4 is 39.1 Å². The molecule has 7 rings (SSSR count). The first-order valence-corrected chi connectivity index (χ1v) is 14.1. The van der Waals surface area contributed by atoms with Gasteiger partial charge in [0.25, 0.3) is 0 Å². The Bertz CT molecular complexity index is 1430. The first kappa shape index (κ1) is 23.8. The molecule has 3 aromatic heterocycles. The summed E-state index contributed by atoms with van der Waals surface area (Å²) in [4.78, 5) is 28.0. The number of aliphatic hydroxyl groups excluding tert-OH is 1. The van der Waals surface area contributed by atoms with Crippen molar-refractivity contribution < 1.29 is 9.84 Å². The van der Waals surface area contributed by atoms with Crippen molar-refractivity contribution in [3.63, 3.8) is 0 Å². The lowest BCUT2D eigenvalue weighted by atomic mass is 9.92. The first-order valence-electron chi connectivity index (χ1n) is 13.3. The average molecular weight is 531 g/mol. The van der Waals surface area contributed by atoms with Crippen molar-refractivity contribution in [2.75, 3.05) is 49.7 Å². The Balaban J connectivity index is 1.05. The Morgan fingerprint density at radius 2 is 1.89 bits per heavy atom. The SMILES string of the molecule is OCCN1CCC(c2ncc(Nc3nccc(-c4ccc5nc(N6C7COCC6C7)ncc5c4)n3)s2)CC1. The second-order valence-electron chi connectivity index (χ2n) is 10.2. The van der Waals surface area contributed by atoms with Gasteiger partial charge in [-0.1, -0.05) is 6.07 Å². The number of fused-ring (bicyclic) bond motifs is 3. The predicted molar refractivity (Wildman–Crippen MR) is 147 cm³/mol. The van der Waals surface area contributed by atoms with Gasteiger partial charge in [-0.25, -0.2) is 24.9 Å². The highest BCUT2D eigenvalue weighted by molar-refractivity contribution is 7.15. The summed E-state index contributed by atoms with van der Waals surface area (Å²) in [5, 5.41) is 15.6. The van der Waals surface area contributed by atoms with Crippen LogP contribution in [0, 0.1) is 0 Å². The number of anilines is 3. The molecule has 0 radical (unpaired) electrons. The highest BCUT2D eigenvalue weighted by Gasteiger charge is 2.43. The molecule has 38 heavy (non-hydrogen) atoms. The van der Waals surface area contributed by atoms with Crippen LogP contribution in [0.1, 0.15) is 30.2 Å². The average Bonchev–Trinajstić information content (AvgIpc) is 3.42. The van der Waals surface area contributed by atoms with E-state index in [1.54, 1.807) is 17.5 Å². The molecule has 2 bridgehead atoms. The molecule has 1 aromatic carbocycles. The van der Waals surface area contributed by atoms with Crippen LogP contribution in [0.3, 0.4) is 0 Å². The Hall–Kier alpha value is -3.25. The minimum Gasteiger partial charge on any atom is -0.395 e. The number of nitrogens with one attached hydrogen (secondary N) is 1. The fraction of sp³-hybridized carbons (Fsp3) is 0.444. The second-order valence-corrected chi connectivity index (χ2v) is 11.3. The number of hydrogen-bond acceptors (Lipinski definition) is 11. The lowest BCUT2D eigenvalue weighted by Crippen LogP contribution is -2.64. The molecule has 3 aliphatic rings. The Morgan fingerprint density at radius 3 is 2.71 bits per heavy atom. The summed E-state index contributed by atoms with van der Waals surface area (Å²) in [6.45, 7) is 4.50. The first-order chi connectivity index (χ1) is 18.7. The third kappa shape index (κ3) is 4.60. The van der Waals surface area contributed by atoms with E-state index < -0.39 is 0 Å². The normalized spacial score (nSPS) is 22.0. The Kier molecular flexibility index (Phi) is 6.36. The summed E-state index contributed by atoms with van der Waals surface area (Å²) in [6.07, 6.45) is 8.86. The monoisotopic (exact) mass is 530 g/mol. The minimum absolute atomic E-state index is 0.221. The van der Waals surface area contributed by atoms with Gasteiger partial charge in [0.05, 0.1) is 54.3 Å². The van der Waals surface area contributed by atoms with E-state index in [0.717, 1.165) is 90.2 Å². The van der Waals surface area contributed by atoms with E-state index in [2.05, 4.69) is 42.2 Å². The molecule has 2 N–H and O–H groups in total. The number of nitrogens with zero attached hydrogens (tertiary/aromatic N) is 7. The van der Waals surface area contributed by atoms with Crippen LogP contribution < -0.4 is 10.2 Å². The van der Waals surface area contributed by atoms with Gasteiger partial charge in [-0.2, -0.15) is 0 Å². The van der Waals surface area contributed by atoms with Crippen LogP contribution in [-0.2, 0) is 4.74 Å². The van der Waals surface area contributed by atoms with Crippen LogP contribution in [-0.4, -0.2) is 86.5 Å². The number of morpholine rings is 1. The van der Waals surface area contributed by atoms with Gasteiger partial charge in [0.1, 0.15) is 5.00 Å². The molecule has 6 heterocycles. The highest BCUT2D eigenvalue weighted by atomic mass is 32.1. The van der Waals surface area contributed by atoms with Gasteiger partial charge in [-0.3, -0.25) is 0 Å². The molecule has 0 amide bonds. The van der Waals surface area contributed by atoms with Crippen LogP contribution in [0.5, 0.6) is 0 Å². The molecule has 11 heteroatoms. The summed E-state index contributed by atoms with van der Waals surface area (Å²) < 4.78 is 5.60. The predicted octanol–water partition coefficient (Wildman–Crippen LogP) is 3.44. The molecular formula is C27H30N8O2S. The van der Waals surface area contributed by atoms with Gasteiger partial charge in [0.15, 0.2) is 0 Å². The zero-order valence-corrected chi connectivity index (χ0v) is 21.8. The van der Waals surface area contributed by atoms with Gasteiger partial charge >= 0.3 is 0 Å². The Morgan fingerprint density at radius 1 is 1.03 bits per heavy atom. The van der Waals surface area contributed by atoms with Crippen molar-refractivity contribution in [2.24, 2.45) is 0 Å². The molecule has 2 atom stereocenters. The summed E-state index contributed by atoms with van der Waals surface area (Å²) in [6, 6.07) is 8.90. The lowest BCUT2D eigenvalue weighted by Gasteiger charge is -2.52. The summed E-state index contributed by atoms with van der Waals surface area (Å²) in [5.74, 6) is 1.81. The Labute approximate surface area is 224 Å². The molecule has 10 nitrogen and oxygen atoms in total. The number of β-amino-alcohol motifs (C(OH)–C–C–N with tert-alkyl or cyclic N) is 1. The van der Waals surface area contributed by atoms with E-state index in [1.165, 1.54) is 0 Å². The van der Waals surface area contributed by atoms with Gasteiger partial charge in [-0.05, 0) is 50.6 Å². The summed E-state index contributed by atoms with van der Waals surface area (Å²) in [7, 11) is 0. The van der Waals surface area contributed by atoms with Gasteiger partial charge in [0.2, 0.25) is 11.9 Å².